The van der Waals surface area contributed by atoms with E-state index in [1.807, 2.05) is 70.2 Å². The molecule has 3 aromatic carbocycles. The highest BCUT2D eigenvalue weighted by molar-refractivity contribution is 6.46. The first-order valence-corrected chi connectivity index (χ1v) is 11.1. The van der Waals surface area contributed by atoms with Crippen LogP contribution in [0, 0.1) is 13.8 Å². The van der Waals surface area contributed by atoms with Gasteiger partial charge in [0.15, 0.2) is 0 Å². The lowest BCUT2D eigenvalue weighted by molar-refractivity contribution is -0.120. The van der Waals surface area contributed by atoms with E-state index >= 15 is 0 Å². The van der Waals surface area contributed by atoms with Gasteiger partial charge in [-0.3, -0.25) is 9.59 Å². The number of amides is 2. The van der Waals surface area contributed by atoms with Gasteiger partial charge in [-0.05, 0) is 86.8 Å². The highest BCUT2D eigenvalue weighted by atomic mass is 35.5. The minimum absolute atomic E-state index is 0.0585. The summed E-state index contributed by atoms with van der Waals surface area (Å²) in [6.45, 7) is 7.73. The zero-order valence-electron chi connectivity index (χ0n) is 19.0. The van der Waals surface area contributed by atoms with Gasteiger partial charge in [-0.25, -0.2) is 4.90 Å². The molecule has 5 nitrogen and oxygen atoms in total. The summed E-state index contributed by atoms with van der Waals surface area (Å²) < 4.78 is 5.70. The molecule has 0 saturated heterocycles. The fourth-order valence-corrected chi connectivity index (χ4v) is 3.87. The van der Waals surface area contributed by atoms with E-state index in [-0.39, 0.29) is 17.7 Å². The monoisotopic (exact) mass is 460 g/mol. The quantitative estimate of drug-likeness (QED) is 0.449. The highest BCUT2D eigenvalue weighted by Gasteiger charge is 2.40. The molecule has 0 saturated carbocycles. The summed E-state index contributed by atoms with van der Waals surface area (Å²) in [5, 5.41) is 3.73. The van der Waals surface area contributed by atoms with E-state index in [4.69, 9.17) is 16.3 Å². The molecular weight excluding hydrogens is 436 g/mol. The molecular formula is C27H25ClN2O3. The number of hydrogen-bond acceptors (Lipinski definition) is 4. The molecule has 2 amide bonds. The predicted octanol–water partition coefficient (Wildman–Crippen LogP) is 6.14. The molecule has 0 radical (unpaired) electrons. The van der Waals surface area contributed by atoms with Gasteiger partial charge in [0.25, 0.3) is 11.8 Å². The van der Waals surface area contributed by atoms with E-state index in [1.165, 1.54) is 4.90 Å². The summed E-state index contributed by atoms with van der Waals surface area (Å²) in [5.41, 5.74) is 4.21. The van der Waals surface area contributed by atoms with Gasteiger partial charge < -0.3 is 10.1 Å². The summed E-state index contributed by atoms with van der Waals surface area (Å²) in [5.74, 6) is -0.0484. The van der Waals surface area contributed by atoms with Crippen molar-refractivity contribution in [1.82, 2.24) is 0 Å². The van der Waals surface area contributed by atoms with E-state index in [1.54, 1.807) is 24.3 Å². The molecule has 33 heavy (non-hydrogen) atoms. The van der Waals surface area contributed by atoms with Gasteiger partial charge in [-0.15, -0.1) is 0 Å². The Hall–Kier alpha value is -3.57. The van der Waals surface area contributed by atoms with Crippen LogP contribution >= 0.6 is 11.6 Å². The Labute approximate surface area is 198 Å². The number of aryl methyl sites for hydroxylation is 2. The van der Waals surface area contributed by atoms with Crippen LogP contribution in [0.1, 0.15) is 30.5 Å². The van der Waals surface area contributed by atoms with E-state index in [9.17, 15) is 9.59 Å². The molecule has 0 aliphatic carbocycles. The number of carbonyl (C=O) groups excluding carboxylic acids is 2. The topological polar surface area (TPSA) is 58.6 Å². The number of hydrogen-bond donors (Lipinski definition) is 1. The van der Waals surface area contributed by atoms with Gasteiger partial charge in [0.2, 0.25) is 0 Å². The van der Waals surface area contributed by atoms with Crippen molar-refractivity contribution < 1.29 is 14.3 Å². The molecule has 1 N–H and O–H groups in total. The largest absolute Gasteiger partial charge is 0.491 e. The lowest BCUT2D eigenvalue weighted by atomic mass is 10.0. The average molecular weight is 461 g/mol. The van der Waals surface area contributed by atoms with Crippen molar-refractivity contribution in [3.8, 4) is 5.75 Å². The number of nitrogens with zero attached hydrogens (tertiary/aromatic N) is 1. The zero-order chi connectivity index (χ0) is 23.7. The van der Waals surface area contributed by atoms with Crippen molar-refractivity contribution in [1.29, 1.82) is 0 Å². The maximum Gasteiger partial charge on any atom is 0.282 e. The minimum Gasteiger partial charge on any atom is -0.491 e. The second-order valence-corrected chi connectivity index (χ2v) is 8.74. The molecule has 0 aromatic heterocycles. The molecule has 0 atom stereocenters. The molecule has 0 fully saturated rings. The van der Waals surface area contributed by atoms with Crippen LogP contribution < -0.4 is 15.0 Å². The van der Waals surface area contributed by atoms with E-state index in [0.29, 0.717) is 27.5 Å². The Bertz CT molecular complexity index is 1250. The third-order valence-electron chi connectivity index (χ3n) is 5.32. The van der Waals surface area contributed by atoms with Crippen LogP contribution in [0.4, 0.5) is 11.4 Å². The molecule has 0 bridgehead atoms. The lowest BCUT2D eigenvalue weighted by Gasteiger charge is -2.18. The van der Waals surface area contributed by atoms with Gasteiger partial charge in [0, 0.05) is 10.7 Å². The number of nitrogens with one attached hydrogen (secondary N) is 1. The average Bonchev–Trinajstić information content (AvgIpc) is 3.01. The molecule has 0 unspecified atom stereocenters. The molecule has 1 aliphatic heterocycles. The molecule has 1 aliphatic rings. The number of halogens is 1. The van der Waals surface area contributed by atoms with Crippen molar-refractivity contribution in [2.45, 2.75) is 33.8 Å². The van der Waals surface area contributed by atoms with Crippen LogP contribution in [-0.4, -0.2) is 17.9 Å². The Morgan fingerprint density at radius 2 is 1.55 bits per heavy atom. The van der Waals surface area contributed by atoms with Crippen LogP contribution in [0.5, 0.6) is 5.75 Å². The van der Waals surface area contributed by atoms with Crippen LogP contribution in [0.2, 0.25) is 5.02 Å². The molecule has 6 heteroatoms. The molecule has 3 aromatic rings. The summed E-state index contributed by atoms with van der Waals surface area (Å²) >= 11 is 6.06. The molecule has 168 valence electrons. The summed E-state index contributed by atoms with van der Waals surface area (Å²) in [7, 11) is 0. The first-order chi connectivity index (χ1) is 15.7. The molecule has 4 rings (SSSR count). The first kappa shape index (κ1) is 22.6. The van der Waals surface area contributed by atoms with Crippen LogP contribution in [0.15, 0.2) is 72.4 Å². The van der Waals surface area contributed by atoms with Crippen LogP contribution in [-0.2, 0) is 9.59 Å². The number of imide groups is 1. The first-order valence-electron chi connectivity index (χ1n) is 10.7. The van der Waals surface area contributed by atoms with E-state index < -0.39 is 5.91 Å². The second kappa shape index (κ2) is 9.12. The number of benzene rings is 3. The third-order valence-corrected chi connectivity index (χ3v) is 5.57. The highest BCUT2D eigenvalue weighted by Crippen LogP contribution is 2.36. The van der Waals surface area contributed by atoms with Gasteiger partial charge >= 0.3 is 0 Å². The molecule has 0 spiro atoms. The Balaban J connectivity index is 1.77. The van der Waals surface area contributed by atoms with Crippen molar-refractivity contribution in [2.75, 3.05) is 10.2 Å². The maximum atomic E-state index is 13.6. The smallest absolute Gasteiger partial charge is 0.282 e. The van der Waals surface area contributed by atoms with E-state index in [0.717, 1.165) is 16.9 Å². The van der Waals surface area contributed by atoms with Crippen molar-refractivity contribution in [3.05, 3.63) is 94.1 Å². The SMILES string of the molecule is Cc1ccc(C)c(N2C(=O)C(Nc3ccc(OC(C)C)cc3)=C(c3ccc(Cl)cc3)C2=O)c1. The van der Waals surface area contributed by atoms with Gasteiger partial charge in [-0.2, -0.15) is 0 Å². The summed E-state index contributed by atoms with van der Waals surface area (Å²) in [4.78, 5) is 28.4. The zero-order valence-corrected chi connectivity index (χ0v) is 19.7. The van der Waals surface area contributed by atoms with Crippen LogP contribution in [0.3, 0.4) is 0 Å². The number of rotatable bonds is 6. The second-order valence-electron chi connectivity index (χ2n) is 8.31. The summed E-state index contributed by atoms with van der Waals surface area (Å²) in [6.07, 6.45) is 0.0585. The lowest BCUT2D eigenvalue weighted by Crippen LogP contribution is -2.33. The minimum atomic E-state index is -0.402. The maximum absolute atomic E-state index is 13.6. The van der Waals surface area contributed by atoms with Crippen molar-refractivity contribution >= 4 is 40.4 Å². The third kappa shape index (κ3) is 4.64. The Kier molecular flexibility index (Phi) is 6.25. The van der Waals surface area contributed by atoms with Gasteiger partial charge in [-0.1, -0.05) is 35.9 Å². The normalized spacial score (nSPS) is 13.8. The number of anilines is 2. The number of ether oxygens (including phenoxy) is 1. The van der Waals surface area contributed by atoms with Gasteiger partial charge in [0.05, 0.1) is 17.4 Å². The summed E-state index contributed by atoms with van der Waals surface area (Å²) in [6, 6.07) is 19.9. The number of carbonyl (C=O) groups is 2. The van der Waals surface area contributed by atoms with Gasteiger partial charge in [0.1, 0.15) is 11.4 Å². The van der Waals surface area contributed by atoms with Crippen molar-refractivity contribution in [2.24, 2.45) is 0 Å². The molecule has 1 heterocycles. The predicted molar refractivity (Wildman–Crippen MR) is 133 cm³/mol. The van der Waals surface area contributed by atoms with Crippen molar-refractivity contribution in [3.63, 3.8) is 0 Å². The fraction of sp³-hybridized carbons (Fsp3) is 0.185. The Morgan fingerprint density at radius 1 is 0.879 bits per heavy atom. The fourth-order valence-electron chi connectivity index (χ4n) is 3.74. The Morgan fingerprint density at radius 3 is 2.18 bits per heavy atom. The van der Waals surface area contributed by atoms with Crippen LogP contribution in [0.25, 0.3) is 5.57 Å². The van der Waals surface area contributed by atoms with E-state index in [2.05, 4.69) is 5.32 Å². The standard InChI is InChI=1S/C27H25ClN2O3/c1-16(2)33-22-13-11-21(12-14-22)29-25-24(19-7-9-20(28)10-8-19)26(31)30(27(25)32)23-15-17(3)5-6-18(23)4/h5-16,29H,1-4H3.